The van der Waals surface area contributed by atoms with Crippen molar-refractivity contribution in [2.24, 2.45) is 4.99 Å². The van der Waals surface area contributed by atoms with Crippen molar-refractivity contribution in [2.45, 2.75) is 43.6 Å². The van der Waals surface area contributed by atoms with Gasteiger partial charge in [0.1, 0.15) is 0 Å². The van der Waals surface area contributed by atoms with Crippen molar-refractivity contribution < 1.29 is 14.2 Å². The summed E-state index contributed by atoms with van der Waals surface area (Å²) in [7, 11) is 1.79. The molecule has 0 radical (unpaired) electrons. The molecule has 3 aliphatic rings. The van der Waals surface area contributed by atoms with Crippen LogP contribution in [0.25, 0.3) is 0 Å². The summed E-state index contributed by atoms with van der Waals surface area (Å²) in [5.41, 5.74) is 0. The maximum absolute atomic E-state index is 5.83. The number of guanidine groups is 1. The standard InChI is InChI=1S/C13H23N3O3.HI/c1-14-13(15-7-10-8-17-4-5-18-10)16-11-6-9-2-3-12(11)19-9;/h9-12H,2-8H2,1H3,(H2,14,15,16);1H. The molecule has 0 saturated carbocycles. The predicted molar refractivity (Wildman–Crippen MR) is 86.8 cm³/mol. The largest absolute Gasteiger partial charge is 0.376 e. The van der Waals surface area contributed by atoms with Gasteiger partial charge in [-0.25, -0.2) is 0 Å². The van der Waals surface area contributed by atoms with E-state index in [1.807, 2.05) is 0 Å². The molecule has 3 fully saturated rings. The van der Waals surface area contributed by atoms with Crippen LogP contribution in [0.3, 0.4) is 0 Å². The fraction of sp³-hybridized carbons (Fsp3) is 0.923. The number of nitrogens with zero attached hydrogens (tertiary/aromatic N) is 1. The Bertz CT molecular complexity index is 337. The van der Waals surface area contributed by atoms with Crippen LogP contribution in [0, 0.1) is 0 Å². The lowest BCUT2D eigenvalue weighted by Gasteiger charge is -2.26. The molecule has 0 aromatic heterocycles. The van der Waals surface area contributed by atoms with Gasteiger partial charge >= 0.3 is 0 Å². The highest BCUT2D eigenvalue weighted by Crippen LogP contribution is 2.34. The van der Waals surface area contributed by atoms with Crippen molar-refractivity contribution in [1.29, 1.82) is 0 Å². The Morgan fingerprint density at radius 2 is 2.20 bits per heavy atom. The van der Waals surface area contributed by atoms with Gasteiger partial charge in [0.15, 0.2) is 5.96 Å². The molecule has 7 heteroatoms. The number of ether oxygens (including phenoxy) is 3. The first-order chi connectivity index (χ1) is 9.35. The highest BCUT2D eigenvalue weighted by molar-refractivity contribution is 14.0. The predicted octanol–water partition coefficient (Wildman–Crippen LogP) is 0.505. The number of fused-ring (bicyclic) bond motifs is 2. The fourth-order valence-corrected chi connectivity index (χ4v) is 3.02. The fourth-order valence-electron chi connectivity index (χ4n) is 3.02. The summed E-state index contributed by atoms with van der Waals surface area (Å²) in [4.78, 5) is 4.26. The Labute approximate surface area is 137 Å². The monoisotopic (exact) mass is 397 g/mol. The highest BCUT2D eigenvalue weighted by atomic mass is 127. The summed E-state index contributed by atoms with van der Waals surface area (Å²) in [5.74, 6) is 0.829. The van der Waals surface area contributed by atoms with E-state index in [4.69, 9.17) is 14.2 Å². The van der Waals surface area contributed by atoms with Crippen molar-refractivity contribution >= 4 is 29.9 Å². The van der Waals surface area contributed by atoms with Gasteiger partial charge in [-0.15, -0.1) is 24.0 Å². The lowest BCUT2D eigenvalue weighted by Crippen LogP contribution is -2.50. The van der Waals surface area contributed by atoms with Gasteiger partial charge in [-0.3, -0.25) is 4.99 Å². The van der Waals surface area contributed by atoms with E-state index in [9.17, 15) is 0 Å². The second kappa shape index (κ2) is 7.77. The van der Waals surface area contributed by atoms with Crippen molar-refractivity contribution in [2.75, 3.05) is 33.4 Å². The first-order valence-corrected chi connectivity index (χ1v) is 7.17. The third-order valence-electron chi connectivity index (χ3n) is 4.03. The number of hydrogen-bond donors (Lipinski definition) is 2. The molecule has 2 N–H and O–H groups in total. The minimum absolute atomic E-state index is 0. The quantitative estimate of drug-likeness (QED) is 0.413. The van der Waals surface area contributed by atoms with Crippen molar-refractivity contribution in [3.63, 3.8) is 0 Å². The van der Waals surface area contributed by atoms with E-state index in [1.165, 1.54) is 12.8 Å². The molecule has 0 amide bonds. The minimum atomic E-state index is 0. The van der Waals surface area contributed by atoms with Crippen LogP contribution in [0.15, 0.2) is 4.99 Å². The number of rotatable bonds is 3. The van der Waals surface area contributed by atoms with Crippen LogP contribution in [0.5, 0.6) is 0 Å². The SMILES string of the molecule is CN=C(NCC1COCCO1)NC1CC2CCC1O2.I. The molecule has 3 aliphatic heterocycles. The Balaban J connectivity index is 0.00000147. The Morgan fingerprint density at radius 3 is 2.80 bits per heavy atom. The van der Waals surface area contributed by atoms with E-state index >= 15 is 0 Å². The summed E-state index contributed by atoms with van der Waals surface area (Å²) in [6.45, 7) is 2.76. The molecular weight excluding hydrogens is 373 g/mol. The summed E-state index contributed by atoms with van der Waals surface area (Å²) in [6, 6.07) is 0.397. The maximum Gasteiger partial charge on any atom is 0.191 e. The zero-order valence-corrected chi connectivity index (χ0v) is 14.2. The van der Waals surface area contributed by atoms with Crippen LogP contribution in [0.2, 0.25) is 0 Å². The van der Waals surface area contributed by atoms with Crippen LogP contribution >= 0.6 is 24.0 Å². The van der Waals surface area contributed by atoms with E-state index in [-0.39, 0.29) is 30.1 Å². The zero-order chi connectivity index (χ0) is 13.1. The molecular formula is C13H24IN3O3. The van der Waals surface area contributed by atoms with E-state index in [2.05, 4.69) is 15.6 Å². The molecule has 3 rings (SSSR count). The van der Waals surface area contributed by atoms with Crippen LogP contribution in [-0.2, 0) is 14.2 Å². The lowest BCUT2D eigenvalue weighted by atomic mass is 9.96. The smallest absolute Gasteiger partial charge is 0.191 e. The second-order valence-corrected chi connectivity index (χ2v) is 5.38. The Kier molecular flexibility index (Phi) is 6.31. The molecule has 0 spiro atoms. The van der Waals surface area contributed by atoms with Gasteiger partial charge < -0.3 is 24.8 Å². The molecule has 20 heavy (non-hydrogen) atoms. The summed E-state index contributed by atoms with van der Waals surface area (Å²) in [5, 5.41) is 6.76. The highest BCUT2D eigenvalue weighted by Gasteiger charge is 2.41. The van der Waals surface area contributed by atoms with E-state index in [1.54, 1.807) is 7.05 Å². The van der Waals surface area contributed by atoms with Crippen LogP contribution in [-0.4, -0.2) is 63.7 Å². The van der Waals surface area contributed by atoms with E-state index in [0.29, 0.717) is 38.1 Å². The van der Waals surface area contributed by atoms with Gasteiger partial charge in [-0.1, -0.05) is 0 Å². The molecule has 0 aromatic carbocycles. The van der Waals surface area contributed by atoms with Crippen molar-refractivity contribution in [3.05, 3.63) is 0 Å². The van der Waals surface area contributed by atoms with Crippen molar-refractivity contribution in [1.82, 2.24) is 10.6 Å². The Morgan fingerprint density at radius 1 is 1.30 bits per heavy atom. The number of nitrogens with one attached hydrogen (secondary N) is 2. The number of hydrogen-bond acceptors (Lipinski definition) is 4. The molecule has 2 bridgehead atoms. The van der Waals surface area contributed by atoms with Crippen molar-refractivity contribution in [3.8, 4) is 0 Å². The van der Waals surface area contributed by atoms with Gasteiger partial charge in [0.25, 0.3) is 0 Å². The summed E-state index contributed by atoms with van der Waals surface area (Å²) in [6.07, 6.45) is 4.40. The second-order valence-electron chi connectivity index (χ2n) is 5.38. The minimum Gasteiger partial charge on any atom is -0.376 e. The third-order valence-corrected chi connectivity index (χ3v) is 4.03. The van der Waals surface area contributed by atoms with Gasteiger partial charge in [-0.05, 0) is 19.3 Å². The lowest BCUT2D eigenvalue weighted by molar-refractivity contribution is -0.0850. The average molecular weight is 397 g/mol. The first kappa shape index (κ1) is 16.3. The van der Waals surface area contributed by atoms with Gasteiger partial charge in [0.2, 0.25) is 0 Å². The number of halogens is 1. The molecule has 3 heterocycles. The van der Waals surface area contributed by atoms with Crippen LogP contribution in [0.4, 0.5) is 0 Å². The molecule has 116 valence electrons. The molecule has 4 unspecified atom stereocenters. The molecule has 4 atom stereocenters. The molecule has 0 aliphatic carbocycles. The Hall–Kier alpha value is -0.120. The van der Waals surface area contributed by atoms with Crippen LogP contribution < -0.4 is 10.6 Å². The van der Waals surface area contributed by atoms with Gasteiger partial charge in [-0.2, -0.15) is 0 Å². The van der Waals surface area contributed by atoms with Gasteiger partial charge in [0, 0.05) is 13.6 Å². The number of aliphatic imine (C=N–C) groups is 1. The third kappa shape index (κ3) is 3.96. The topological polar surface area (TPSA) is 64.1 Å². The average Bonchev–Trinajstić information content (AvgIpc) is 3.07. The van der Waals surface area contributed by atoms with Gasteiger partial charge in [0.05, 0.1) is 44.2 Å². The maximum atomic E-state index is 5.83. The summed E-state index contributed by atoms with van der Waals surface area (Å²) >= 11 is 0. The van der Waals surface area contributed by atoms with E-state index < -0.39 is 0 Å². The normalized spacial score (nSPS) is 36.5. The zero-order valence-electron chi connectivity index (χ0n) is 11.8. The summed E-state index contributed by atoms with van der Waals surface area (Å²) < 4.78 is 16.8. The first-order valence-electron chi connectivity index (χ1n) is 7.17. The molecule has 0 aromatic rings. The van der Waals surface area contributed by atoms with E-state index in [0.717, 1.165) is 18.9 Å². The van der Waals surface area contributed by atoms with Crippen LogP contribution in [0.1, 0.15) is 19.3 Å². The molecule has 3 saturated heterocycles. The molecule has 6 nitrogen and oxygen atoms in total.